The van der Waals surface area contributed by atoms with E-state index in [1.807, 2.05) is 0 Å². The zero-order valence-corrected chi connectivity index (χ0v) is 12.1. The summed E-state index contributed by atoms with van der Waals surface area (Å²) in [5.41, 5.74) is 0. The maximum Gasteiger partial charge on any atom is 0.210 e. The van der Waals surface area contributed by atoms with Gasteiger partial charge in [-0.1, -0.05) is 73.8 Å². The zero-order valence-electron chi connectivity index (χ0n) is 9.51. The number of hydrogen-bond donors (Lipinski definition) is 0. The van der Waals surface area contributed by atoms with Gasteiger partial charge in [-0.05, 0) is 0 Å². The van der Waals surface area contributed by atoms with Crippen LogP contribution in [0.2, 0.25) is 9.56 Å². The highest BCUT2D eigenvalue weighted by Crippen LogP contribution is 2.36. The van der Waals surface area contributed by atoms with E-state index in [2.05, 4.69) is 0 Å². The first kappa shape index (κ1) is 13.0. The fourth-order valence-electron chi connectivity index (χ4n) is 3.04. The van der Waals surface area contributed by atoms with Crippen molar-refractivity contribution in [1.82, 2.24) is 0 Å². The minimum Gasteiger partial charge on any atom is -0.153 e. The molecule has 0 aromatic rings. The zero-order chi connectivity index (χ0) is 8.93. The van der Waals surface area contributed by atoms with Crippen molar-refractivity contribution >= 4 is 25.1 Å². The van der Waals surface area contributed by atoms with Crippen molar-refractivity contribution in [1.29, 1.82) is 0 Å². The molecule has 2 rings (SSSR count). The Kier molecular flexibility index (Phi) is 6.77. The van der Waals surface area contributed by atoms with E-state index in [9.17, 15) is 0 Å². The molecule has 2 aliphatic carbocycles. The standard InChI is InChI=1S/2C6H11.Al.H3P/c2*1-2-4-6-5-3-1;;/h2*1H,2-6H2;;1H3. The molecule has 81 valence electrons. The van der Waals surface area contributed by atoms with Crippen molar-refractivity contribution < 1.29 is 0 Å². The van der Waals surface area contributed by atoms with Crippen LogP contribution in [-0.2, 0) is 0 Å². The predicted molar refractivity (Wildman–Crippen MR) is 70.5 cm³/mol. The van der Waals surface area contributed by atoms with Gasteiger partial charge in [-0.25, -0.2) is 0 Å². The lowest BCUT2D eigenvalue weighted by Gasteiger charge is -2.27. The van der Waals surface area contributed by atoms with Crippen molar-refractivity contribution in [2.45, 2.75) is 73.8 Å². The molecule has 0 aromatic carbocycles. The molecule has 0 spiro atoms. The molecule has 2 saturated carbocycles. The Morgan fingerprint density at radius 3 is 1.29 bits per heavy atom. The van der Waals surface area contributed by atoms with Gasteiger partial charge < -0.3 is 0 Å². The minimum atomic E-state index is 0. The summed E-state index contributed by atoms with van der Waals surface area (Å²) >= 11 is 0.825. The van der Waals surface area contributed by atoms with Gasteiger partial charge in [0.1, 0.15) is 0 Å². The fourth-order valence-corrected chi connectivity index (χ4v) is 5.52. The third-order valence-electron chi connectivity index (χ3n) is 3.84. The third kappa shape index (κ3) is 4.22. The molecular weight excluding hydrogens is 202 g/mol. The normalized spacial score (nSPS) is 25.4. The topological polar surface area (TPSA) is 0 Å². The summed E-state index contributed by atoms with van der Waals surface area (Å²) in [6, 6.07) is 0. The molecule has 14 heavy (non-hydrogen) atoms. The van der Waals surface area contributed by atoms with Crippen LogP contribution in [0.15, 0.2) is 0 Å². The molecule has 1 radical (unpaired) electrons. The van der Waals surface area contributed by atoms with Crippen molar-refractivity contribution in [2.75, 3.05) is 0 Å². The Labute approximate surface area is 98.9 Å². The quantitative estimate of drug-likeness (QED) is 0.488. The number of hydrogen-bond acceptors (Lipinski definition) is 0. The minimum absolute atomic E-state index is 0. The second-order valence-electron chi connectivity index (χ2n) is 4.99. The van der Waals surface area contributed by atoms with Crippen LogP contribution in [-0.4, -0.2) is 15.2 Å². The summed E-state index contributed by atoms with van der Waals surface area (Å²) in [6.45, 7) is 0. The van der Waals surface area contributed by atoms with Crippen LogP contribution in [0.25, 0.3) is 0 Å². The van der Waals surface area contributed by atoms with E-state index >= 15 is 0 Å². The fraction of sp³-hybridized carbons (Fsp3) is 1.00. The lowest BCUT2D eigenvalue weighted by atomic mass is 9.99. The second kappa shape index (κ2) is 7.27. The molecule has 0 nitrogen and oxygen atoms in total. The van der Waals surface area contributed by atoms with E-state index in [0.717, 1.165) is 15.2 Å². The number of rotatable bonds is 2. The van der Waals surface area contributed by atoms with Gasteiger partial charge in [0.2, 0.25) is 15.2 Å². The van der Waals surface area contributed by atoms with Gasteiger partial charge >= 0.3 is 0 Å². The molecule has 2 fully saturated rings. The van der Waals surface area contributed by atoms with E-state index in [1.165, 1.54) is 22.4 Å². The van der Waals surface area contributed by atoms with Gasteiger partial charge in [-0.15, -0.1) is 0 Å². The summed E-state index contributed by atoms with van der Waals surface area (Å²) in [7, 11) is 0. The molecule has 2 aliphatic rings. The van der Waals surface area contributed by atoms with E-state index in [1.54, 1.807) is 51.4 Å². The Balaban J connectivity index is 0.000000980. The van der Waals surface area contributed by atoms with E-state index in [0.29, 0.717) is 0 Å². The van der Waals surface area contributed by atoms with Crippen molar-refractivity contribution in [3.63, 3.8) is 0 Å². The van der Waals surface area contributed by atoms with E-state index in [-0.39, 0.29) is 9.90 Å². The second-order valence-corrected chi connectivity index (χ2v) is 7.26. The van der Waals surface area contributed by atoms with Gasteiger partial charge in [0, 0.05) is 0 Å². The molecule has 1 unspecified atom stereocenters. The first-order valence-corrected chi connectivity index (χ1v) is 7.63. The Hall–Kier alpha value is 0.962. The van der Waals surface area contributed by atoms with Gasteiger partial charge in [0.15, 0.2) is 0 Å². The molecule has 0 heterocycles. The maximum absolute atomic E-state index is 1.59. The van der Waals surface area contributed by atoms with Crippen LogP contribution >= 0.6 is 9.90 Å². The predicted octanol–water partition coefficient (Wildman–Crippen LogP) is 4.25. The first-order valence-electron chi connectivity index (χ1n) is 6.30. The largest absolute Gasteiger partial charge is 0.210 e. The van der Waals surface area contributed by atoms with Gasteiger partial charge in [-0.2, -0.15) is 9.90 Å². The average molecular weight is 227 g/mol. The molecule has 0 N–H and O–H groups in total. The Morgan fingerprint density at radius 2 is 0.929 bits per heavy atom. The molecule has 0 amide bonds. The summed E-state index contributed by atoms with van der Waals surface area (Å²) in [6.07, 6.45) is 15.6. The molecule has 0 bridgehead atoms. The van der Waals surface area contributed by atoms with Crippen LogP contribution in [0.3, 0.4) is 0 Å². The van der Waals surface area contributed by atoms with Crippen LogP contribution in [0.1, 0.15) is 64.2 Å². The first-order chi connectivity index (χ1) is 6.45. The molecule has 2 heteroatoms. The van der Waals surface area contributed by atoms with E-state index < -0.39 is 0 Å². The van der Waals surface area contributed by atoms with E-state index in [4.69, 9.17) is 0 Å². The summed E-state index contributed by atoms with van der Waals surface area (Å²) in [5, 5.41) is 0. The average Bonchev–Trinajstić information content (AvgIpc) is 2.21. The monoisotopic (exact) mass is 227 g/mol. The van der Waals surface area contributed by atoms with Crippen LogP contribution < -0.4 is 0 Å². The van der Waals surface area contributed by atoms with Gasteiger partial charge in [-0.3, -0.25) is 0 Å². The summed E-state index contributed by atoms with van der Waals surface area (Å²) in [4.78, 5) is 0. The molecule has 1 atom stereocenters. The summed E-state index contributed by atoms with van der Waals surface area (Å²) < 4.78 is 2.41. The van der Waals surface area contributed by atoms with Crippen LogP contribution in [0.5, 0.6) is 0 Å². The smallest absolute Gasteiger partial charge is 0.153 e. The third-order valence-corrected chi connectivity index (χ3v) is 6.27. The SMILES string of the molecule is C1CC[CH]([Al][CH]2CCCCC2)CC1.P. The van der Waals surface area contributed by atoms with Crippen molar-refractivity contribution in [3.05, 3.63) is 0 Å². The highest BCUT2D eigenvalue weighted by Gasteiger charge is 2.21. The van der Waals surface area contributed by atoms with Crippen LogP contribution in [0, 0.1) is 0 Å². The maximum atomic E-state index is 1.59. The molecular formula is C12H25AlP. The van der Waals surface area contributed by atoms with Crippen molar-refractivity contribution in [2.24, 2.45) is 0 Å². The lowest BCUT2D eigenvalue weighted by Crippen LogP contribution is -2.16. The lowest BCUT2D eigenvalue weighted by molar-refractivity contribution is 0.470. The molecule has 0 aliphatic heterocycles. The van der Waals surface area contributed by atoms with Crippen LogP contribution in [0.4, 0.5) is 0 Å². The van der Waals surface area contributed by atoms with Gasteiger partial charge in [0.05, 0.1) is 0 Å². The Morgan fingerprint density at radius 1 is 0.571 bits per heavy atom. The van der Waals surface area contributed by atoms with Crippen molar-refractivity contribution in [3.8, 4) is 0 Å². The highest BCUT2D eigenvalue weighted by atomic mass is 31.0. The highest BCUT2D eigenvalue weighted by molar-refractivity contribution is 6.92. The molecule has 0 saturated heterocycles. The molecule has 0 aromatic heterocycles. The summed E-state index contributed by atoms with van der Waals surface area (Å²) in [5.74, 6) is 0. The van der Waals surface area contributed by atoms with Gasteiger partial charge in [0.25, 0.3) is 0 Å². The Bertz CT molecular complexity index is 121.